The maximum Gasteiger partial charge on any atom is 0.224 e. The number of carbonyl (C=O) groups is 2. The first-order chi connectivity index (χ1) is 12.0. The van der Waals surface area contributed by atoms with E-state index in [1.54, 1.807) is 12.0 Å². The van der Waals surface area contributed by atoms with Crippen molar-refractivity contribution in [3.05, 3.63) is 29.3 Å². The van der Waals surface area contributed by atoms with Crippen LogP contribution in [0, 0.1) is 0 Å². The van der Waals surface area contributed by atoms with E-state index in [1.807, 2.05) is 29.2 Å². The van der Waals surface area contributed by atoms with Crippen LogP contribution in [0.15, 0.2) is 24.3 Å². The molecule has 0 saturated carbocycles. The second kappa shape index (κ2) is 9.63. The first kappa shape index (κ1) is 19.5. The number of rotatable bonds is 7. The molecule has 1 aromatic rings. The van der Waals surface area contributed by atoms with Crippen LogP contribution in [0.2, 0.25) is 5.02 Å². The second-order valence-corrected chi connectivity index (χ2v) is 6.53. The fourth-order valence-corrected chi connectivity index (χ4v) is 3.09. The lowest BCUT2D eigenvalue weighted by atomic mass is 10.2. The van der Waals surface area contributed by atoms with Gasteiger partial charge in [-0.25, -0.2) is 0 Å². The molecule has 1 saturated heterocycles. The van der Waals surface area contributed by atoms with Crippen molar-refractivity contribution in [1.29, 1.82) is 0 Å². The first-order valence-electron chi connectivity index (χ1n) is 8.54. The average molecular weight is 368 g/mol. The number of nitrogens with zero attached hydrogens (tertiary/aromatic N) is 3. The Labute approximate surface area is 154 Å². The summed E-state index contributed by atoms with van der Waals surface area (Å²) >= 11 is 6.04. The minimum Gasteiger partial charge on any atom is -0.383 e. The van der Waals surface area contributed by atoms with Crippen molar-refractivity contribution in [2.24, 2.45) is 0 Å². The van der Waals surface area contributed by atoms with Crippen LogP contribution < -0.4 is 4.90 Å². The lowest BCUT2D eigenvalue weighted by Crippen LogP contribution is -2.49. The Morgan fingerprint density at radius 3 is 2.52 bits per heavy atom. The van der Waals surface area contributed by atoms with Crippen molar-refractivity contribution < 1.29 is 14.3 Å². The van der Waals surface area contributed by atoms with E-state index in [-0.39, 0.29) is 11.8 Å². The molecule has 0 radical (unpaired) electrons. The summed E-state index contributed by atoms with van der Waals surface area (Å²) in [5.74, 6) is 0.0602. The van der Waals surface area contributed by atoms with Gasteiger partial charge in [-0.05, 0) is 18.2 Å². The van der Waals surface area contributed by atoms with E-state index in [0.717, 1.165) is 23.8 Å². The average Bonchev–Trinajstić information content (AvgIpc) is 2.61. The van der Waals surface area contributed by atoms with Gasteiger partial charge in [-0.3, -0.25) is 9.59 Å². The van der Waals surface area contributed by atoms with Crippen LogP contribution in [0.5, 0.6) is 0 Å². The molecule has 7 heteroatoms. The highest BCUT2D eigenvalue weighted by Crippen LogP contribution is 2.20. The second-order valence-electron chi connectivity index (χ2n) is 6.10. The number of anilines is 1. The van der Waals surface area contributed by atoms with Gasteiger partial charge in [0.25, 0.3) is 0 Å². The van der Waals surface area contributed by atoms with Gasteiger partial charge >= 0.3 is 0 Å². The van der Waals surface area contributed by atoms with E-state index < -0.39 is 0 Å². The summed E-state index contributed by atoms with van der Waals surface area (Å²) < 4.78 is 5.00. The number of methoxy groups -OCH3 is 1. The van der Waals surface area contributed by atoms with Crippen LogP contribution in [0.25, 0.3) is 0 Å². The topological polar surface area (TPSA) is 53.1 Å². The van der Waals surface area contributed by atoms with E-state index >= 15 is 0 Å². The van der Waals surface area contributed by atoms with Gasteiger partial charge in [0, 0.05) is 70.4 Å². The highest BCUT2D eigenvalue weighted by Gasteiger charge is 2.22. The summed E-state index contributed by atoms with van der Waals surface area (Å²) in [5.41, 5.74) is 1.09. The van der Waals surface area contributed by atoms with Gasteiger partial charge in [-0.2, -0.15) is 0 Å². The maximum atomic E-state index is 12.4. The third-order valence-corrected chi connectivity index (χ3v) is 4.65. The number of carbonyl (C=O) groups excluding carboxylic acids is 2. The molecule has 0 N–H and O–H groups in total. The normalized spacial score (nSPS) is 14.5. The zero-order chi connectivity index (χ0) is 18.2. The SMILES string of the molecule is COCCN(CCC(=O)N1CCN(c2cccc(Cl)c2)CC1)C(C)=O. The molecular weight excluding hydrogens is 342 g/mol. The Bertz CT molecular complexity index is 589. The van der Waals surface area contributed by atoms with Gasteiger partial charge in [0.1, 0.15) is 0 Å². The fraction of sp³-hybridized carbons (Fsp3) is 0.556. The molecule has 2 rings (SSSR count). The predicted molar refractivity (Wildman–Crippen MR) is 99.0 cm³/mol. The molecule has 25 heavy (non-hydrogen) atoms. The van der Waals surface area contributed by atoms with Crippen molar-refractivity contribution >= 4 is 29.1 Å². The zero-order valence-electron chi connectivity index (χ0n) is 14.9. The number of amides is 2. The summed E-state index contributed by atoms with van der Waals surface area (Å²) in [6.07, 6.45) is 0.348. The third kappa shape index (κ3) is 5.90. The number of ether oxygens (including phenoxy) is 1. The van der Waals surface area contributed by atoms with E-state index in [1.165, 1.54) is 6.92 Å². The number of hydrogen-bond donors (Lipinski definition) is 0. The Hall–Kier alpha value is -1.79. The molecule has 0 bridgehead atoms. The Kier molecular flexibility index (Phi) is 7.52. The smallest absolute Gasteiger partial charge is 0.224 e. The number of halogens is 1. The largest absolute Gasteiger partial charge is 0.383 e. The van der Waals surface area contributed by atoms with Crippen molar-refractivity contribution in [3.63, 3.8) is 0 Å². The number of hydrogen-bond acceptors (Lipinski definition) is 4. The molecule has 6 nitrogen and oxygen atoms in total. The minimum absolute atomic E-state index is 0.0318. The molecular formula is C18H26ClN3O3. The molecule has 0 spiro atoms. The third-order valence-electron chi connectivity index (χ3n) is 4.41. The van der Waals surface area contributed by atoms with Crippen molar-refractivity contribution in [2.75, 3.05) is 57.9 Å². The highest BCUT2D eigenvalue weighted by molar-refractivity contribution is 6.30. The molecule has 0 aliphatic carbocycles. The van der Waals surface area contributed by atoms with Gasteiger partial charge in [0.15, 0.2) is 0 Å². The van der Waals surface area contributed by atoms with Crippen molar-refractivity contribution in [2.45, 2.75) is 13.3 Å². The predicted octanol–water partition coefficient (Wildman–Crippen LogP) is 1.87. The van der Waals surface area contributed by atoms with Crippen LogP contribution >= 0.6 is 11.6 Å². The van der Waals surface area contributed by atoms with E-state index in [2.05, 4.69) is 4.90 Å². The maximum absolute atomic E-state index is 12.4. The van der Waals surface area contributed by atoms with Crippen LogP contribution in [0.4, 0.5) is 5.69 Å². The van der Waals surface area contributed by atoms with Gasteiger partial charge in [-0.1, -0.05) is 17.7 Å². The first-order valence-corrected chi connectivity index (χ1v) is 8.92. The number of benzene rings is 1. The van der Waals surface area contributed by atoms with Crippen LogP contribution in [-0.4, -0.2) is 74.6 Å². The summed E-state index contributed by atoms with van der Waals surface area (Å²) in [4.78, 5) is 29.8. The standard InChI is InChI=1S/C18H26ClN3O3/c1-15(23)20(12-13-25-2)7-6-18(24)22-10-8-21(9-11-22)17-5-3-4-16(19)14-17/h3-5,14H,6-13H2,1-2H3. The van der Waals surface area contributed by atoms with E-state index in [9.17, 15) is 9.59 Å². The molecule has 1 aliphatic heterocycles. The minimum atomic E-state index is -0.0318. The molecule has 0 unspecified atom stereocenters. The molecule has 1 aliphatic rings. The molecule has 138 valence electrons. The summed E-state index contributed by atoms with van der Waals surface area (Å²) in [6, 6.07) is 7.77. The molecule has 1 fully saturated rings. The molecule has 0 aromatic heterocycles. The molecule has 1 aromatic carbocycles. The Balaban J connectivity index is 1.79. The Morgan fingerprint density at radius 1 is 1.20 bits per heavy atom. The lowest BCUT2D eigenvalue weighted by Gasteiger charge is -2.36. The summed E-state index contributed by atoms with van der Waals surface area (Å²) in [5, 5.41) is 0.719. The quantitative estimate of drug-likeness (QED) is 0.738. The monoisotopic (exact) mass is 367 g/mol. The van der Waals surface area contributed by atoms with E-state index in [0.29, 0.717) is 39.2 Å². The zero-order valence-corrected chi connectivity index (χ0v) is 15.7. The van der Waals surface area contributed by atoms with Crippen LogP contribution in [0.3, 0.4) is 0 Å². The number of piperazine rings is 1. The molecule has 0 atom stereocenters. The summed E-state index contributed by atoms with van der Waals surface area (Å²) in [6.45, 7) is 5.88. The fourth-order valence-electron chi connectivity index (χ4n) is 2.90. The molecule has 1 heterocycles. The summed E-state index contributed by atoms with van der Waals surface area (Å²) in [7, 11) is 1.60. The van der Waals surface area contributed by atoms with Gasteiger partial charge < -0.3 is 19.4 Å². The van der Waals surface area contributed by atoms with Crippen molar-refractivity contribution in [3.8, 4) is 0 Å². The van der Waals surface area contributed by atoms with Gasteiger partial charge in [0.05, 0.1) is 6.61 Å². The Morgan fingerprint density at radius 2 is 1.92 bits per heavy atom. The van der Waals surface area contributed by atoms with Gasteiger partial charge in [-0.15, -0.1) is 0 Å². The van der Waals surface area contributed by atoms with Crippen LogP contribution in [0.1, 0.15) is 13.3 Å². The van der Waals surface area contributed by atoms with E-state index in [4.69, 9.17) is 16.3 Å². The molecule has 2 amide bonds. The lowest BCUT2D eigenvalue weighted by molar-refractivity contribution is -0.134. The van der Waals surface area contributed by atoms with Crippen molar-refractivity contribution in [1.82, 2.24) is 9.80 Å². The van der Waals surface area contributed by atoms with Gasteiger partial charge in [0.2, 0.25) is 11.8 Å². The highest BCUT2D eigenvalue weighted by atomic mass is 35.5. The van der Waals surface area contributed by atoms with Crippen LogP contribution in [-0.2, 0) is 14.3 Å².